The van der Waals surface area contributed by atoms with Gasteiger partial charge in [-0.25, -0.2) is 13.4 Å². The van der Waals surface area contributed by atoms with E-state index in [1.165, 1.54) is 29.0 Å². The molecule has 1 aliphatic rings. The zero-order chi connectivity index (χ0) is 24.5. The normalized spacial score (nSPS) is 17.5. The monoisotopic (exact) mass is 497 g/mol. The number of carbonyl (C=O) groups excluding carboxylic acids is 1. The van der Waals surface area contributed by atoms with Gasteiger partial charge >= 0.3 is 0 Å². The van der Waals surface area contributed by atoms with Crippen molar-refractivity contribution in [2.45, 2.75) is 63.3 Å². The second-order valence-electron chi connectivity index (χ2n) is 9.80. The zero-order valence-corrected chi connectivity index (χ0v) is 21.7. The van der Waals surface area contributed by atoms with Crippen LogP contribution in [0.1, 0.15) is 62.9 Å². The van der Waals surface area contributed by atoms with E-state index in [1.54, 1.807) is 16.4 Å². The lowest BCUT2D eigenvalue weighted by atomic mass is 9.86. The maximum atomic E-state index is 13.0. The zero-order valence-electron chi connectivity index (χ0n) is 20.0. The Bertz CT molecular complexity index is 1260. The fourth-order valence-electron chi connectivity index (χ4n) is 4.12. The Hall–Kier alpha value is -2.55. The van der Waals surface area contributed by atoms with E-state index in [9.17, 15) is 13.2 Å². The average molecular weight is 498 g/mol. The van der Waals surface area contributed by atoms with Crippen molar-refractivity contribution in [1.82, 2.24) is 9.29 Å². The molecule has 0 bridgehead atoms. The van der Waals surface area contributed by atoms with Crippen LogP contribution in [0.5, 0.6) is 0 Å². The highest BCUT2D eigenvalue weighted by molar-refractivity contribution is 7.89. The van der Waals surface area contributed by atoms with Gasteiger partial charge in [0.05, 0.1) is 10.6 Å². The summed E-state index contributed by atoms with van der Waals surface area (Å²) >= 11 is 1.36. The number of anilines is 1. The maximum absolute atomic E-state index is 13.0. The summed E-state index contributed by atoms with van der Waals surface area (Å²) in [6, 6.07) is 14.4. The van der Waals surface area contributed by atoms with Crippen LogP contribution >= 0.6 is 11.3 Å². The van der Waals surface area contributed by atoms with Crippen LogP contribution in [-0.4, -0.2) is 36.2 Å². The molecule has 1 amide bonds. The summed E-state index contributed by atoms with van der Waals surface area (Å²) < 4.78 is 27.6. The number of aromatic nitrogens is 1. The number of benzene rings is 2. The van der Waals surface area contributed by atoms with Gasteiger partial charge in [-0.15, -0.1) is 11.3 Å². The molecular weight excluding hydrogens is 466 g/mol. The smallest absolute Gasteiger partial charge is 0.257 e. The second kappa shape index (κ2) is 9.60. The minimum Gasteiger partial charge on any atom is -0.298 e. The van der Waals surface area contributed by atoms with Gasteiger partial charge in [-0.2, -0.15) is 4.31 Å². The summed E-state index contributed by atoms with van der Waals surface area (Å²) in [5, 5.41) is 5.23. The Kier molecular flexibility index (Phi) is 6.94. The first kappa shape index (κ1) is 24.6. The molecule has 2 heterocycles. The van der Waals surface area contributed by atoms with Crippen LogP contribution in [-0.2, 0) is 15.4 Å². The van der Waals surface area contributed by atoms with Crippen molar-refractivity contribution in [1.29, 1.82) is 0 Å². The van der Waals surface area contributed by atoms with E-state index in [-0.39, 0.29) is 22.3 Å². The summed E-state index contributed by atoms with van der Waals surface area (Å²) in [5.74, 6) is -0.320. The van der Waals surface area contributed by atoms with Gasteiger partial charge in [-0.3, -0.25) is 10.1 Å². The number of thiazole rings is 1. The largest absolute Gasteiger partial charge is 0.298 e. The fraction of sp³-hybridized carbons (Fsp3) is 0.385. The van der Waals surface area contributed by atoms with Gasteiger partial charge in [0.1, 0.15) is 0 Å². The summed E-state index contributed by atoms with van der Waals surface area (Å²) in [6.07, 6.45) is 2.80. The van der Waals surface area contributed by atoms with E-state index in [4.69, 9.17) is 0 Å². The molecule has 1 N–H and O–H groups in total. The molecule has 1 unspecified atom stereocenters. The molecule has 4 rings (SSSR count). The van der Waals surface area contributed by atoms with Gasteiger partial charge in [-0.05, 0) is 55.0 Å². The average Bonchev–Trinajstić information content (AvgIpc) is 3.27. The fourth-order valence-corrected chi connectivity index (χ4v) is 6.53. The van der Waals surface area contributed by atoms with E-state index in [0.717, 1.165) is 30.5 Å². The van der Waals surface area contributed by atoms with E-state index in [2.05, 4.69) is 43.2 Å². The first-order chi connectivity index (χ1) is 16.1. The molecule has 0 aliphatic carbocycles. The van der Waals surface area contributed by atoms with Gasteiger partial charge in [0.2, 0.25) is 10.0 Å². The minimum absolute atomic E-state index is 0.00881. The molecule has 1 saturated heterocycles. The highest BCUT2D eigenvalue weighted by Gasteiger charge is 2.31. The first-order valence-electron chi connectivity index (χ1n) is 11.6. The molecule has 180 valence electrons. The summed E-state index contributed by atoms with van der Waals surface area (Å²) in [5.41, 5.74) is 3.52. The third kappa shape index (κ3) is 5.24. The molecule has 0 spiro atoms. The highest BCUT2D eigenvalue weighted by Crippen LogP contribution is 2.29. The molecular formula is C26H31N3O3S2. The Morgan fingerprint density at radius 3 is 2.35 bits per heavy atom. The van der Waals surface area contributed by atoms with Crippen LogP contribution in [0.4, 0.5) is 5.13 Å². The highest BCUT2D eigenvalue weighted by atomic mass is 32.2. The van der Waals surface area contributed by atoms with Gasteiger partial charge in [0.15, 0.2) is 5.13 Å². The van der Waals surface area contributed by atoms with Crippen LogP contribution in [0.2, 0.25) is 0 Å². The second-order valence-corrected chi connectivity index (χ2v) is 12.6. The number of hydrogen-bond acceptors (Lipinski definition) is 5. The number of nitrogens with one attached hydrogen (secondary N) is 1. The number of hydrogen-bond donors (Lipinski definition) is 1. The van der Waals surface area contributed by atoms with E-state index in [1.807, 2.05) is 24.4 Å². The van der Waals surface area contributed by atoms with Crippen LogP contribution < -0.4 is 5.32 Å². The Labute approximate surface area is 206 Å². The molecule has 1 aliphatic heterocycles. The molecule has 1 aromatic heterocycles. The van der Waals surface area contributed by atoms with Gasteiger partial charge < -0.3 is 0 Å². The third-order valence-corrected chi connectivity index (χ3v) is 9.02. The van der Waals surface area contributed by atoms with Crippen LogP contribution in [0, 0.1) is 0 Å². The predicted octanol–water partition coefficient (Wildman–Crippen LogP) is 5.92. The molecule has 0 radical (unpaired) electrons. The number of carbonyl (C=O) groups is 1. The quantitative estimate of drug-likeness (QED) is 0.474. The number of piperidine rings is 1. The van der Waals surface area contributed by atoms with Crippen molar-refractivity contribution in [2.75, 3.05) is 11.9 Å². The van der Waals surface area contributed by atoms with Gasteiger partial charge in [0, 0.05) is 29.1 Å². The number of sulfonamides is 1. The molecule has 8 heteroatoms. The molecule has 3 aromatic rings. The Morgan fingerprint density at radius 2 is 1.74 bits per heavy atom. The standard InChI is InChI=1S/C26H31N3O3S2/c1-18-7-5-6-16-29(18)34(31,32)22-14-10-20(11-15-22)24(30)28-25-27-23(17-33-25)19-8-12-21(13-9-19)26(2,3)4/h8-15,17-18H,5-7,16H2,1-4H3,(H,27,28,30). The van der Waals surface area contributed by atoms with Crippen molar-refractivity contribution in [2.24, 2.45) is 0 Å². The van der Waals surface area contributed by atoms with Gasteiger partial charge in [-0.1, -0.05) is 51.5 Å². The summed E-state index contributed by atoms with van der Waals surface area (Å²) in [6.45, 7) is 9.01. The first-order valence-corrected chi connectivity index (χ1v) is 13.9. The van der Waals surface area contributed by atoms with Crippen LogP contribution in [0.15, 0.2) is 58.8 Å². The number of nitrogens with zero attached hydrogens (tertiary/aromatic N) is 2. The summed E-state index contributed by atoms with van der Waals surface area (Å²) in [7, 11) is -3.56. The molecule has 6 nitrogen and oxygen atoms in total. The van der Waals surface area contributed by atoms with Crippen LogP contribution in [0.3, 0.4) is 0 Å². The molecule has 0 saturated carbocycles. The van der Waals surface area contributed by atoms with Crippen molar-refractivity contribution < 1.29 is 13.2 Å². The molecule has 34 heavy (non-hydrogen) atoms. The van der Waals surface area contributed by atoms with E-state index >= 15 is 0 Å². The lowest BCUT2D eigenvalue weighted by Gasteiger charge is -2.32. The third-order valence-electron chi connectivity index (χ3n) is 6.24. The summed E-state index contributed by atoms with van der Waals surface area (Å²) in [4.78, 5) is 17.5. The molecule has 1 fully saturated rings. The van der Waals surface area contributed by atoms with Gasteiger partial charge in [0.25, 0.3) is 5.91 Å². The lowest BCUT2D eigenvalue weighted by Crippen LogP contribution is -2.41. The SMILES string of the molecule is CC1CCCCN1S(=O)(=O)c1ccc(C(=O)Nc2nc(-c3ccc(C(C)(C)C)cc3)cs2)cc1. The van der Waals surface area contributed by atoms with Crippen molar-refractivity contribution >= 4 is 32.4 Å². The maximum Gasteiger partial charge on any atom is 0.257 e. The van der Waals surface area contributed by atoms with Crippen molar-refractivity contribution in [3.05, 3.63) is 65.0 Å². The van der Waals surface area contributed by atoms with E-state index < -0.39 is 10.0 Å². The van der Waals surface area contributed by atoms with Crippen molar-refractivity contribution in [3.63, 3.8) is 0 Å². The van der Waals surface area contributed by atoms with E-state index in [0.29, 0.717) is 17.2 Å². The number of amides is 1. The lowest BCUT2D eigenvalue weighted by molar-refractivity contribution is 0.102. The predicted molar refractivity (Wildman–Crippen MR) is 138 cm³/mol. The topological polar surface area (TPSA) is 79.4 Å². The molecule has 2 aromatic carbocycles. The minimum atomic E-state index is -3.56. The van der Waals surface area contributed by atoms with Crippen molar-refractivity contribution in [3.8, 4) is 11.3 Å². The number of rotatable bonds is 5. The Balaban J connectivity index is 1.44. The molecule has 1 atom stereocenters. The Morgan fingerprint density at radius 1 is 1.06 bits per heavy atom. The van der Waals surface area contributed by atoms with Crippen LogP contribution in [0.25, 0.3) is 11.3 Å².